The molecule has 5 nitrogen and oxygen atoms in total. The van der Waals surface area contributed by atoms with Gasteiger partial charge in [-0.25, -0.2) is 0 Å². The predicted octanol–water partition coefficient (Wildman–Crippen LogP) is 2.40. The van der Waals surface area contributed by atoms with Crippen LogP contribution in [-0.2, 0) is 16.0 Å². The normalized spacial score (nSPS) is 14.8. The zero-order chi connectivity index (χ0) is 18.2. The number of carbonyl (C=O) groups excluding carboxylic acids is 2. The van der Waals surface area contributed by atoms with E-state index in [-0.39, 0.29) is 11.8 Å². The lowest BCUT2D eigenvalue weighted by Crippen LogP contribution is -2.50. The molecule has 2 amide bonds. The van der Waals surface area contributed by atoms with E-state index in [0.717, 1.165) is 25.2 Å². The van der Waals surface area contributed by atoms with Crippen LogP contribution < -0.4 is 5.32 Å². The summed E-state index contributed by atoms with van der Waals surface area (Å²) in [6, 6.07) is 19.6. The Bertz CT molecular complexity index is 711. The zero-order valence-corrected chi connectivity index (χ0v) is 14.9. The summed E-state index contributed by atoms with van der Waals surface area (Å²) >= 11 is 0. The van der Waals surface area contributed by atoms with Crippen LogP contribution in [0.15, 0.2) is 60.7 Å². The van der Waals surface area contributed by atoms with Crippen molar-refractivity contribution in [2.45, 2.75) is 12.8 Å². The summed E-state index contributed by atoms with van der Waals surface area (Å²) in [5, 5.41) is 2.90. The quantitative estimate of drug-likeness (QED) is 0.869. The van der Waals surface area contributed by atoms with Crippen LogP contribution in [0.4, 0.5) is 5.69 Å². The highest BCUT2D eigenvalue weighted by Crippen LogP contribution is 2.09. The van der Waals surface area contributed by atoms with E-state index in [9.17, 15) is 9.59 Å². The minimum atomic E-state index is -0.0138. The van der Waals surface area contributed by atoms with Crippen LogP contribution in [-0.4, -0.2) is 54.3 Å². The molecule has 3 rings (SSSR count). The molecule has 1 aliphatic rings. The largest absolute Gasteiger partial charge is 0.340 e. The molecule has 1 saturated heterocycles. The summed E-state index contributed by atoms with van der Waals surface area (Å²) in [7, 11) is 0. The lowest BCUT2D eigenvalue weighted by atomic mass is 10.1. The maximum absolute atomic E-state index is 12.4. The van der Waals surface area contributed by atoms with Crippen LogP contribution in [0, 0.1) is 0 Å². The Balaban J connectivity index is 1.38. The zero-order valence-electron chi connectivity index (χ0n) is 14.9. The number of benzene rings is 2. The fourth-order valence-electron chi connectivity index (χ4n) is 3.13. The minimum Gasteiger partial charge on any atom is -0.340 e. The molecule has 0 spiro atoms. The van der Waals surface area contributed by atoms with Crippen molar-refractivity contribution in [3.8, 4) is 0 Å². The van der Waals surface area contributed by atoms with Gasteiger partial charge in [-0.05, 0) is 24.1 Å². The molecule has 1 fully saturated rings. The third-order valence-corrected chi connectivity index (χ3v) is 4.62. The van der Waals surface area contributed by atoms with Crippen molar-refractivity contribution in [1.29, 1.82) is 0 Å². The van der Waals surface area contributed by atoms with Gasteiger partial charge >= 0.3 is 0 Å². The lowest BCUT2D eigenvalue weighted by Gasteiger charge is -2.34. The van der Waals surface area contributed by atoms with E-state index in [0.29, 0.717) is 26.1 Å². The molecule has 2 aromatic rings. The number of nitrogens with one attached hydrogen (secondary N) is 1. The summed E-state index contributed by atoms with van der Waals surface area (Å²) in [4.78, 5) is 28.5. The van der Waals surface area contributed by atoms with Gasteiger partial charge in [0, 0.05) is 38.3 Å². The Morgan fingerprint density at radius 2 is 1.46 bits per heavy atom. The molecule has 0 unspecified atom stereocenters. The van der Waals surface area contributed by atoms with E-state index in [4.69, 9.17) is 0 Å². The van der Waals surface area contributed by atoms with Gasteiger partial charge in [0.15, 0.2) is 0 Å². The standard InChI is InChI=1S/C21H25N3O2/c25-20(22-19-9-5-2-6-10-19)17-23-13-15-24(16-14-23)21(26)12-11-18-7-3-1-4-8-18/h1-10H,11-17H2,(H,22,25). The van der Waals surface area contributed by atoms with Gasteiger partial charge in [0.25, 0.3) is 0 Å². The number of amides is 2. The van der Waals surface area contributed by atoms with Crippen molar-refractivity contribution in [1.82, 2.24) is 9.80 Å². The van der Waals surface area contributed by atoms with Gasteiger partial charge in [-0.3, -0.25) is 14.5 Å². The van der Waals surface area contributed by atoms with E-state index in [2.05, 4.69) is 22.3 Å². The van der Waals surface area contributed by atoms with E-state index in [1.165, 1.54) is 5.56 Å². The topological polar surface area (TPSA) is 52.7 Å². The molecule has 1 heterocycles. The van der Waals surface area contributed by atoms with E-state index in [1.807, 2.05) is 53.4 Å². The smallest absolute Gasteiger partial charge is 0.238 e. The van der Waals surface area contributed by atoms with Gasteiger partial charge in [0.2, 0.25) is 11.8 Å². The Morgan fingerprint density at radius 3 is 2.12 bits per heavy atom. The summed E-state index contributed by atoms with van der Waals surface area (Å²) in [5.74, 6) is 0.183. The highest BCUT2D eigenvalue weighted by molar-refractivity contribution is 5.92. The number of piperazine rings is 1. The van der Waals surface area contributed by atoms with Crippen molar-refractivity contribution in [2.75, 3.05) is 38.0 Å². The summed E-state index contributed by atoms with van der Waals surface area (Å²) < 4.78 is 0. The van der Waals surface area contributed by atoms with Crippen molar-refractivity contribution in [3.05, 3.63) is 66.2 Å². The molecule has 0 atom stereocenters. The highest BCUT2D eigenvalue weighted by Gasteiger charge is 2.22. The van der Waals surface area contributed by atoms with Crippen molar-refractivity contribution in [3.63, 3.8) is 0 Å². The van der Waals surface area contributed by atoms with Gasteiger partial charge in [-0.15, -0.1) is 0 Å². The number of rotatable bonds is 6. The number of hydrogen-bond acceptors (Lipinski definition) is 3. The molecule has 0 saturated carbocycles. The third kappa shape index (κ3) is 5.43. The number of hydrogen-bond donors (Lipinski definition) is 1. The SMILES string of the molecule is O=C(CN1CCN(C(=O)CCc2ccccc2)CC1)Nc1ccccc1. The van der Waals surface area contributed by atoms with Crippen LogP contribution in [0.1, 0.15) is 12.0 Å². The Labute approximate surface area is 154 Å². The molecule has 1 aliphatic heterocycles. The first-order valence-corrected chi connectivity index (χ1v) is 9.10. The van der Waals surface area contributed by atoms with Crippen LogP contribution in [0.3, 0.4) is 0 Å². The first kappa shape index (κ1) is 18.1. The van der Waals surface area contributed by atoms with Gasteiger partial charge in [-0.2, -0.15) is 0 Å². The molecule has 5 heteroatoms. The second-order valence-corrected chi connectivity index (χ2v) is 6.56. The van der Waals surface area contributed by atoms with Crippen molar-refractivity contribution < 1.29 is 9.59 Å². The van der Waals surface area contributed by atoms with Crippen LogP contribution in [0.5, 0.6) is 0 Å². The maximum atomic E-state index is 12.4. The summed E-state index contributed by atoms with van der Waals surface area (Å²) in [6.45, 7) is 3.21. The maximum Gasteiger partial charge on any atom is 0.238 e. The fraction of sp³-hybridized carbons (Fsp3) is 0.333. The molecule has 0 radical (unpaired) electrons. The lowest BCUT2D eigenvalue weighted by molar-refractivity contribution is -0.133. The molecule has 136 valence electrons. The van der Waals surface area contributed by atoms with Gasteiger partial charge < -0.3 is 10.2 Å². The number of aryl methyl sites for hydroxylation is 1. The molecule has 1 N–H and O–H groups in total. The Hall–Kier alpha value is -2.66. The van der Waals surface area contributed by atoms with Crippen LogP contribution in [0.2, 0.25) is 0 Å². The highest BCUT2D eigenvalue weighted by atomic mass is 16.2. The average molecular weight is 351 g/mol. The first-order valence-electron chi connectivity index (χ1n) is 9.10. The number of para-hydroxylation sites is 1. The number of nitrogens with zero attached hydrogens (tertiary/aromatic N) is 2. The molecular weight excluding hydrogens is 326 g/mol. The molecule has 0 aliphatic carbocycles. The molecule has 26 heavy (non-hydrogen) atoms. The molecule has 0 aromatic heterocycles. The monoisotopic (exact) mass is 351 g/mol. The third-order valence-electron chi connectivity index (χ3n) is 4.62. The van der Waals surface area contributed by atoms with E-state index in [1.54, 1.807) is 0 Å². The summed E-state index contributed by atoms with van der Waals surface area (Å²) in [5.41, 5.74) is 2.00. The van der Waals surface area contributed by atoms with Gasteiger partial charge in [-0.1, -0.05) is 48.5 Å². The number of anilines is 1. The average Bonchev–Trinajstić information content (AvgIpc) is 2.68. The van der Waals surface area contributed by atoms with Crippen molar-refractivity contribution in [2.24, 2.45) is 0 Å². The fourth-order valence-corrected chi connectivity index (χ4v) is 3.13. The summed E-state index contributed by atoms with van der Waals surface area (Å²) in [6.07, 6.45) is 1.32. The van der Waals surface area contributed by atoms with E-state index < -0.39 is 0 Å². The van der Waals surface area contributed by atoms with Gasteiger partial charge in [0.05, 0.1) is 6.54 Å². The molecular formula is C21H25N3O2. The number of carbonyl (C=O) groups is 2. The van der Waals surface area contributed by atoms with Crippen LogP contribution >= 0.6 is 0 Å². The van der Waals surface area contributed by atoms with E-state index >= 15 is 0 Å². The Kier molecular flexibility index (Phi) is 6.39. The molecule has 0 bridgehead atoms. The minimum absolute atomic E-state index is 0.0138. The molecule has 2 aromatic carbocycles. The second-order valence-electron chi connectivity index (χ2n) is 6.56. The first-order chi connectivity index (χ1) is 12.7. The Morgan fingerprint density at radius 1 is 0.846 bits per heavy atom. The second kappa shape index (κ2) is 9.15. The predicted molar refractivity (Wildman–Crippen MR) is 103 cm³/mol. The van der Waals surface area contributed by atoms with Gasteiger partial charge in [0.1, 0.15) is 0 Å². The van der Waals surface area contributed by atoms with Crippen molar-refractivity contribution >= 4 is 17.5 Å². The van der Waals surface area contributed by atoms with Crippen LogP contribution in [0.25, 0.3) is 0 Å².